The number of aromatic nitrogens is 2. The number of nitrogens with one attached hydrogen (secondary N) is 2. The lowest BCUT2D eigenvalue weighted by molar-refractivity contribution is -0.121. The van der Waals surface area contributed by atoms with E-state index < -0.39 is 0 Å². The van der Waals surface area contributed by atoms with Crippen LogP contribution in [0.15, 0.2) is 82.7 Å². The maximum Gasteiger partial charge on any atom is 0.262 e. The van der Waals surface area contributed by atoms with Crippen molar-refractivity contribution in [3.05, 3.63) is 99.3 Å². The quantitative estimate of drug-likeness (QED) is 0.216. The molecule has 0 aliphatic carbocycles. The molecule has 4 rings (SSSR count). The summed E-state index contributed by atoms with van der Waals surface area (Å²) >= 11 is 7.35. The molecule has 0 unspecified atom stereocenters. The van der Waals surface area contributed by atoms with E-state index in [1.54, 1.807) is 28.8 Å². The number of amides is 2. The number of thioether (sulfide) groups is 1. The first kappa shape index (κ1) is 26.4. The lowest BCUT2D eigenvalue weighted by Crippen LogP contribution is -2.26. The second-order valence-corrected chi connectivity index (χ2v) is 9.89. The molecule has 37 heavy (non-hydrogen) atoms. The first-order chi connectivity index (χ1) is 17.9. The van der Waals surface area contributed by atoms with Crippen LogP contribution in [0.5, 0.6) is 0 Å². The first-order valence-corrected chi connectivity index (χ1v) is 13.3. The second-order valence-electron chi connectivity index (χ2n) is 8.54. The topological polar surface area (TPSA) is 93.1 Å². The van der Waals surface area contributed by atoms with Crippen molar-refractivity contribution in [2.45, 2.75) is 38.0 Å². The van der Waals surface area contributed by atoms with Crippen molar-refractivity contribution in [2.24, 2.45) is 0 Å². The van der Waals surface area contributed by atoms with Crippen LogP contribution < -0.4 is 16.2 Å². The number of halogens is 1. The van der Waals surface area contributed by atoms with Crippen molar-refractivity contribution in [1.82, 2.24) is 14.9 Å². The van der Waals surface area contributed by atoms with E-state index in [-0.39, 0.29) is 29.5 Å². The fraction of sp³-hybridized carbons (Fsp3) is 0.214. The fourth-order valence-electron chi connectivity index (χ4n) is 3.74. The Hall–Kier alpha value is -3.62. The van der Waals surface area contributed by atoms with Gasteiger partial charge in [-0.2, -0.15) is 0 Å². The molecule has 4 aromatic rings. The fourth-order valence-corrected chi connectivity index (χ4v) is 4.77. The van der Waals surface area contributed by atoms with Gasteiger partial charge in [0.1, 0.15) is 0 Å². The predicted octanol–water partition coefficient (Wildman–Crippen LogP) is 5.19. The van der Waals surface area contributed by atoms with Crippen LogP contribution in [0.25, 0.3) is 10.9 Å². The number of rotatable bonds is 10. The molecule has 7 nitrogen and oxygen atoms in total. The van der Waals surface area contributed by atoms with E-state index in [9.17, 15) is 14.4 Å². The average Bonchev–Trinajstić information content (AvgIpc) is 2.90. The molecule has 0 aliphatic rings. The van der Waals surface area contributed by atoms with E-state index in [0.717, 1.165) is 11.1 Å². The van der Waals surface area contributed by atoms with Crippen molar-refractivity contribution >= 4 is 51.8 Å². The SMILES string of the molecule is Cc1ccc(NC(=O)CSc2nc3ccccc3c(=O)n2CCCC(=O)NCc2ccccc2Cl)cc1. The van der Waals surface area contributed by atoms with E-state index in [1.807, 2.05) is 55.5 Å². The van der Waals surface area contributed by atoms with Gasteiger partial charge in [-0.3, -0.25) is 19.0 Å². The van der Waals surface area contributed by atoms with Gasteiger partial charge >= 0.3 is 0 Å². The summed E-state index contributed by atoms with van der Waals surface area (Å²) in [4.78, 5) is 42.8. The summed E-state index contributed by atoms with van der Waals surface area (Å²) in [5.41, 5.74) is 3.04. The minimum absolute atomic E-state index is 0.0942. The molecule has 0 atom stereocenters. The normalized spacial score (nSPS) is 10.9. The van der Waals surface area contributed by atoms with E-state index in [0.29, 0.717) is 46.3 Å². The predicted molar refractivity (Wildman–Crippen MR) is 149 cm³/mol. The summed E-state index contributed by atoms with van der Waals surface area (Å²) in [5.74, 6) is -0.230. The van der Waals surface area contributed by atoms with E-state index in [2.05, 4.69) is 15.6 Å². The lowest BCUT2D eigenvalue weighted by atomic mass is 10.2. The Morgan fingerprint density at radius 3 is 2.49 bits per heavy atom. The Labute approximate surface area is 224 Å². The molecule has 2 amide bonds. The molecule has 0 fully saturated rings. The van der Waals surface area contributed by atoms with Crippen molar-refractivity contribution < 1.29 is 9.59 Å². The molecule has 9 heteroatoms. The third kappa shape index (κ3) is 7.21. The summed E-state index contributed by atoms with van der Waals surface area (Å²) in [6, 6.07) is 22.0. The van der Waals surface area contributed by atoms with Gasteiger partial charge in [-0.05, 0) is 49.2 Å². The highest BCUT2D eigenvalue weighted by molar-refractivity contribution is 7.99. The van der Waals surface area contributed by atoms with Crippen molar-refractivity contribution in [3.63, 3.8) is 0 Å². The number of fused-ring (bicyclic) bond motifs is 1. The summed E-state index contributed by atoms with van der Waals surface area (Å²) < 4.78 is 1.55. The van der Waals surface area contributed by atoms with E-state index in [1.165, 1.54) is 11.8 Å². The standard InChI is InChI=1S/C28H27ClN4O3S/c1-19-12-14-21(15-13-19)31-26(35)18-37-28-32-24-10-5-3-8-22(24)27(36)33(28)16-6-11-25(34)30-17-20-7-2-4-9-23(20)29/h2-5,7-10,12-15H,6,11,16-18H2,1H3,(H,30,34)(H,31,35). The van der Waals surface area contributed by atoms with Gasteiger partial charge in [0.25, 0.3) is 5.56 Å². The number of hydrogen-bond acceptors (Lipinski definition) is 5. The number of carbonyl (C=O) groups is 2. The number of hydrogen-bond donors (Lipinski definition) is 2. The number of para-hydroxylation sites is 1. The Balaban J connectivity index is 1.41. The molecule has 0 saturated heterocycles. The van der Waals surface area contributed by atoms with Crippen LogP contribution >= 0.6 is 23.4 Å². The average molecular weight is 535 g/mol. The Bertz CT molecular complexity index is 1470. The number of benzene rings is 3. The Morgan fingerprint density at radius 2 is 1.70 bits per heavy atom. The highest BCUT2D eigenvalue weighted by Crippen LogP contribution is 2.19. The highest BCUT2D eigenvalue weighted by atomic mass is 35.5. The summed E-state index contributed by atoms with van der Waals surface area (Å²) in [6.45, 7) is 2.62. The molecule has 0 saturated carbocycles. The van der Waals surface area contributed by atoms with Gasteiger partial charge in [0, 0.05) is 30.2 Å². The maximum atomic E-state index is 13.2. The molecule has 2 N–H and O–H groups in total. The monoisotopic (exact) mass is 534 g/mol. The molecular formula is C28H27ClN4O3S. The van der Waals surface area contributed by atoms with Gasteiger partial charge in [0.2, 0.25) is 11.8 Å². The van der Waals surface area contributed by atoms with Crippen molar-refractivity contribution in [2.75, 3.05) is 11.1 Å². The molecular weight excluding hydrogens is 508 g/mol. The Kier molecular flexibility index (Phi) is 8.98. The molecule has 1 heterocycles. The van der Waals surface area contributed by atoms with Crippen LogP contribution in [0.2, 0.25) is 5.02 Å². The highest BCUT2D eigenvalue weighted by Gasteiger charge is 2.14. The minimum atomic E-state index is -0.193. The van der Waals surface area contributed by atoms with Gasteiger partial charge in [-0.1, -0.05) is 71.4 Å². The van der Waals surface area contributed by atoms with Crippen molar-refractivity contribution in [3.8, 4) is 0 Å². The molecule has 190 valence electrons. The van der Waals surface area contributed by atoms with Crippen LogP contribution in [0.3, 0.4) is 0 Å². The first-order valence-electron chi connectivity index (χ1n) is 11.9. The second kappa shape index (κ2) is 12.6. The van der Waals surface area contributed by atoms with Gasteiger partial charge in [-0.15, -0.1) is 0 Å². The van der Waals surface area contributed by atoms with Crippen molar-refractivity contribution in [1.29, 1.82) is 0 Å². The zero-order valence-electron chi connectivity index (χ0n) is 20.4. The minimum Gasteiger partial charge on any atom is -0.352 e. The van der Waals surface area contributed by atoms with Gasteiger partial charge in [-0.25, -0.2) is 4.98 Å². The smallest absolute Gasteiger partial charge is 0.262 e. The molecule has 0 bridgehead atoms. The zero-order chi connectivity index (χ0) is 26.2. The van der Waals surface area contributed by atoms with E-state index >= 15 is 0 Å². The third-order valence-corrected chi connectivity index (χ3v) is 7.06. The number of aryl methyl sites for hydroxylation is 1. The third-order valence-electron chi connectivity index (χ3n) is 5.71. The van der Waals surface area contributed by atoms with E-state index in [4.69, 9.17) is 11.6 Å². The van der Waals surface area contributed by atoms with Crippen LogP contribution in [-0.4, -0.2) is 27.1 Å². The van der Waals surface area contributed by atoms with Crippen LogP contribution in [0.1, 0.15) is 24.0 Å². The zero-order valence-corrected chi connectivity index (χ0v) is 21.9. The van der Waals surface area contributed by atoms with Crippen LogP contribution in [0.4, 0.5) is 5.69 Å². The number of anilines is 1. The molecule has 0 spiro atoms. The summed E-state index contributed by atoms with van der Waals surface area (Å²) in [7, 11) is 0. The summed E-state index contributed by atoms with van der Waals surface area (Å²) in [5, 5.41) is 7.27. The molecule has 1 aromatic heterocycles. The molecule has 3 aromatic carbocycles. The number of nitrogens with zero attached hydrogens (tertiary/aromatic N) is 2. The van der Waals surface area contributed by atoms with Gasteiger partial charge < -0.3 is 10.6 Å². The van der Waals surface area contributed by atoms with Crippen LogP contribution in [0, 0.1) is 6.92 Å². The number of carbonyl (C=O) groups excluding carboxylic acids is 2. The summed E-state index contributed by atoms with van der Waals surface area (Å²) in [6.07, 6.45) is 0.680. The molecule has 0 radical (unpaired) electrons. The Morgan fingerprint density at radius 1 is 0.973 bits per heavy atom. The lowest BCUT2D eigenvalue weighted by Gasteiger charge is -2.13. The maximum absolute atomic E-state index is 13.2. The van der Waals surface area contributed by atoms with Gasteiger partial charge in [0.05, 0.1) is 16.7 Å². The molecule has 0 aliphatic heterocycles. The van der Waals surface area contributed by atoms with Crippen LogP contribution in [-0.2, 0) is 22.7 Å². The largest absolute Gasteiger partial charge is 0.352 e. The van der Waals surface area contributed by atoms with Gasteiger partial charge in [0.15, 0.2) is 5.16 Å².